The van der Waals surface area contributed by atoms with E-state index in [-0.39, 0.29) is 11.8 Å². The van der Waals surface area contributed by atoms with Crippen LogP contribution in [0.25, 0.3) is 0 Å². The van der Waals surface area contributed by atoms with Crippen LogP contribution in [0.4, 0.5) is 0 Å². The topological polar surface area (TPSA) is 49.4 Å². The number of rotatable bonds is 6. The van der Waals surface area contributed by atoms with Crippen molar-refractivity contribution in [1.29, 1.82) is 0 Å². The van der Waals surface area contributed by atoms with Crippen molar-refractivity contribution >= 4 is 11.8 Å². The molecule has 0 aliphatic carbocycles. The number of benzene rings is 3. The average molecular weight is 372 g/mol. The standard InChI is InChI=1S/C24H24N2O2/c1-18-8-6-7-11-22(18)16-25-23(27)20-12-14-21(15-13-20)24(28)26(2)17-19-9-4-3-5-10-19/h3-15H,16-17H2,1-2H3,(H,25,27). The fraction of sp³-hybridized carbons (Fsp3) is 0.167. The monoisotopic (exact) mass is 372 g/mol. The van der Waals surface area contributed by atoms with E-state index in [4.69, 9.17) is 0 Å². The second-order valence-corrected chi connectivity index (χ2v) is 6.83. The largest absolute Gasteiger partial charge is 0.348 e. The first-order chi connectivity index (χ1) is 13.5. The number of carbonyl (C=O) groups is 2. The maximum absolute atomic E-state index is 12.6. The highest BCUT2D eigenvalue weighted by Gasteiger charge is 2.13. The molecule has 1 N–H and O–H groups in total. The summed E-state index contributed by atoms with van der Waals surface area (Å²) >= 11 is 0. The molecule has 0 aliphatic heterocycles. The van der Waals surface area contributed by atoms with Crippen molar-refractivity contribution in [3.05, 3.63) is 107 Å². The Morgan fingerprint density at radius 3 is 2.11 bits per heavy atom. The van der Waals surface area contributed by atoms with E-state index in [2.05, 4.69) is 5.32 Å². The molecule has 0 spiro atoms. The molecular weight excluding hydrogens is 348 g/mol. The molecule has 0 fully saturated rings. The molecule has 3 rings (SSSR count). The van der Waals surface area contributed by atoms with E-state index >= 15 is 0 Å². The molecule has 4 heteroatoms. The Hall–Kier alpha value is -3.40. The highest BCUT2D eigenvalue weighted by Crippen LogP contribution is 2.11. The van der Waals surface area contributed by atoms with Crippen molar-refractivity contribution < 1.29 is 9.59 Å². The fourth-order valence-corrected chi connectivity index (χ4v) is 3.00. The summed E-state index contributed by atoms with van der Waals surface area (Å²) in [5.74, 6) is -0.226. The van der Waals surface area contributed by atoms with Crippen molar-refractivity contribution in [2.45, 2.75) is 20.0 Å². The summed E-state index contributed by atoms with van der Waals surface area (Å²) in [5.41, 5.74) is 4.41. The highest BCUT2D eigenvalue weighted by atomic mass is 16.2. The summed E-state index contributed by atoms with van der Waals surface area (Å²) in [7, 11) is 1.78. The minimum Gasteiger partial charge on any atom is -0.348 e. The van der Waals surface area contributed by atoms with Gasteiger partial charge in [-0.2, -0.15) is 0 Å². The number of nitrogens with zero attached hydrogens (tertiary/aromatic N) is 1. The molecule has 28 heavy (non-hydrogen) atoms. The lowest BCUT2D eigenvalue weighted by Gasteiger charge is -2.17. The molecule has 0 bridgehead atoms. The smallest absolute Gasteiger partial charge is 0.253 e. The Kier molecular flexibility index (Phi) is 6.22. The van der Waals surface area contributed by atoms with Crippen molar-refractivity contribution in [3.8, 4) is 0 Å². The molecule has 0 unspecified atom stereocenters. The van der Waals surface area contributed by atoms with Gasteiger partial charge < -0.3 is 10.2 Å². The van der Waals surface area contributed by atoms with Gasteiger partial charge in [-0.3, -0.25) is 9.59 Å². The minimum absolute atomic E-state index is 0.0734. The Labute approximate surface area is 165 Å². The van der Waals surface area contributed by atoms with E-state index in [1.54, 1.807) is 36.2 Å². The van der Waals surface area contributed by atoms with Crippen molar-refractivity contribution in [2.24, 2.45) is 0 Å². The van der Waals surface area contributed by atoms with Gasteiger partial charge in [0.2, 0.25) is 0 Å². The number of aryl methyl sites for hydroxylation is 1. The summed E-state index contributed by atoms with van der Waals surface area (Å²) in [6.45, 7) is 3.04. The Morgan fingerprint density at radius 2 is 1.43 bits per heavy atom. The van der Waals surface area contributed by atoms with Crippen LogP contribution in [0.2, 0.25) is 0 Å². The quantitative estimate of drug-likeness (QED) is 0.705. The maximum Gasteiger partial charge on any atom is 0.253 e. The SMILES string of the molecule is Cc1ccccc1CNC(=O)c1ccc(C(=O)N(C)Cc2ccccc2)cc1. The lowest BCUT2D eigenvalue weighted by molar-refractivity contribution is 0.0784. The van der Waals surface area contributed by atoms with E-state index in [1.807, 2.05) is 61.5 Å². The molecular formula is C24H24N2O2. The second-order valence-electron chi connectivity index (χ2n) is 6.83. The van der Waals surface area contributed by atoms with Crippen LogP contribution in [0.3, 0.4) is 0 Å². The molecule has 142 valence electrons. The van der Waals surface area contributed by atoms with Crippen LogP contribution >= 0.6 is 0 Å². The fourth-order valence-electron chi connectivity index (χ4n) is 3.00. The van der Waals surface area contributed by atoms with Gasteiger partial charge in [-0.1, -0.05) is 54.6 Å². The number of hydrogen-bond acceptors (Lipinski definition) is 2. The Balaban J connectivity index is 1.60. The van der Waals surface area contributed by atoms with Gasteiger partial charge in [-0.25, -0.2) is 0 Å². The van der Waals surface area contributed by atoms with Gasteiger partial charge in [0.25, 0.3) is 11.8 Å². The molecule has 0 radical (unpaired) electrons. The third kappa shape index (κ3) is 4.86. The van der Waals surface area contributed by atoms with Crippen molar-refractivity contribution in [3.63, 3.8) is 0 Å². The van der Waals surface area contributed by atoms with E-state index in [1.165, 1.54) is 0 Å². The Morgan fingerprint density at radius 1 is 0.821 bits per heavy atom. The predicted octanol–water partition coefficient (Wildman–Crippen LogP) is 4.20. The van der Waals surface area contributed by atoms with Gasteiger partial charge in [0.1, 0.15) is 0 Å². The van der Waals surface area contributed by atoms with Crippen LogP contribution in [0.5, 0.6) is 0 Å². The number of amides is 2. The molecule has 4 nitrogen and oxygen atoms in total. The lowest BCUT2D eigenvalue weighted by Crippen LogP contribution is -2.26. The molecule has 0 aromatic heterocycles. The van der Waals surface area contributed by atoms with Crippen LogP contribution in [0, 0.1) is 6.92 Å². The van der Waals surface area contributed by atoms with Crippen LogP contribution in [0.15, 0.2) is 78.9 Å². The van der Waals surface area contributed by atoms with E-state index in [0.29, 0.717) is 24.2 Å². The molecule has 3 aromatic rings. The first-order valence-electron chi connectivity index (χ1n) is 9.27. The average Bonchev–Trinajstić information content (AvgIpc) is 2.73. The number of nitrogens with one attached hydrogen (secondary N) is 1. The van der Waals surface area contributed by atoms with Gasteiger partial charge >= 0.3 is 0 Å². The third-order valence-corrected chi connectivity index (χ3v) is 4.70. The van der Waals surface area contributed by atoms with Gasteiger partial charge in [0, 0.05) is 31.3 Å². The predicted molar refractivity (Wildman–Crippen MR) is 111 cm³/mol. The third-order valence-electron chi connectivity index (χ3n) is 4.70. The normalized spacial score (nSPS) is 10.4. The number of carbonyl (C=O) groups excluding carboxylic acids is 2. The molecule has 2 amide bonds. The summed E-state index contributed by atoms with van der Waals surface area (Å²) in [5, 5.41) is 2.93. The van der Waals surface area contributed by atoms with Gasteiger partial charge in [-0.15, -0.1) is 0 Å². The van der Waals surface area contributed by atoms with Crippen molar-refractivity contribution in [2.75, 3.05) is 7.05 Å². The molecule has 3 aromatic carbocycles. The first kappa shape index (κ1) is 19.4. The van der Waals surface area contributed by atoms with Crippen molar-refractivity contribution in [1.82, 2.24) is 10.2 Å². The summed E-state index contributed by atoms with van der Waals surface area (Å²) < 4.78 is 0. The summed E-state index contributed by atoms with van der Waals surface area (Å²) in [6, 6.07) is 24.6. The van der Waals surface area contributed by atoms with Gasteiger partial charge in [0.05, 0.1) is 0 Å². The van der Waals surface area contributed by atoms with Crippen LogP contribution in [0.1, 0.15) is 37.4 Å². The van der Waals surface area contributed by atoms with Crippen LogP contribution in [-0.2, 0) is 13.1 Å². The zero-order valence-electron chi connectivity index (χ0n) is 16.2. The highest BCUT2D eigenvalue weighted by molar-refractivity contribution is 5.97. The summed E-state index contributed by atoms with van der Waals surface area (Å²) in [4.78, 5) is 26.7. The zero-order valence-corrected chi connectivity index (χ0v) is 16.2. The second kappa shape index (κ2) is 9.00. The summed E-state index contributed by atoms with van der Waals surface area (Å²) in [6.07, 6.45) is 0. The van der Waals surface area contributed by atoms with E-state index in [0.717, 1.165) is 16.7 Å². The molecule has 0 atom stereocenters. The van der Waals surface area contributed by atoms with Crippen LogP contribution < -0.4 is 5.32 Å². The molecule has 0 heterocycles. The molecule has 0 saturated carbocycles. The van der Waals surface area contributed by atoms with Crippen LogP contribution in [-0.4, -0.2) is 23.8 Å². The first-order valence-corrected chi connectivity index (χ1v) is 9.27. The number of hydrogen-bond donors (Lipinski definition) is 1. The maximum atomic E-state index is 12.6. The molecule has 0 saturated heterocycles. The Bertz CT molecular complexity index is 950. The zero-order chi connectivity index (χ0) is 19.9. The van der Waals surface area contributed by atoms with E-state index in [9.17, 15) is 9.59 Å². The minimum atomic E-state index is -0.153. The molecule has 0 aliphatic rings. The van der Waals surface area contributed by atoms with Gasteiger partial charge in [0.15, 0.2) is 0 Å². The van der Waals surface area contributed by atoms with Gasteiger partial charge in [-0.05, 0) is 47.9 Å². The lowest BCUT2D eigenvalue weighted by atomic mass is 10.1. The van der Waals surface area contributed by atoms with E-state index < -0.39 is 0 Å².